The zero-order valence-corrected chi connectivity index (χ0v) is 15.7. The van der Waals surface area contributed by atoms with Gasteiger partial charge in [-0.05, 0) is 47.9 Å². The Hall–Kier alpha value is -1.85. The number of hydrogen-bond donors (Lipinski definition) is 2. The predicted molar refractivity (Wildman–Crippen MR) is 109 cm³/mol. The van der Waals surface area contributed by atoms with Gasteiger partial charge in [0.15, 0.2) is 5.11 Å². The first-order valence-corrected chi connectivity index (χ1v) is 8.74. The summed E-state index contributed by atoms with van der Waals surface area (Å²) in [6.07, 6.45) is 0. The molecule has 0 aliphatic heterocycles. The Morgan fingerprint density at radius 1 is 0.840 bits per heavy atom. The third-order valence-corrected chi connectivity index (χ3v) is 4.79. The van der Waals surface area contributed by atoms with Crippen molar-refractivity contribution in [3.05, 3.63) is 75.2 Å². The highest BCUT2D eigenvalue weighted by Gasteiger charge is 2.13. The Labute approximate surface area is 164 Å². The van der Waals surface area contributed by atoms with E-state index >= 15 is 0 Å². The molecule has 0 heterocycles. The summed E-state index contributed by atoms with van der Waals surface area (Å²) in [4.78, 5) is 12.6. The van der Waals surface area contributed by atoms with E-state index in [0.29, 0.717) is 26.3 Å². The molecule has 0 spiro atoms. The van der Waals surface area contributed by atoms with Crippen molar-refractivity contribution in [3.63, 3.8) is 0 Å². The average molecular weight is 410 g/mol. The van der Waals surface area contributed by atoms with E-state index in [1.54, 1.807) is 42.5 Å². The first-order valence-electron chi connectivity index (χ1n) is 7.20. The van der Waals surface area contributed by atoms with Crippen LogP contribution in [-0.2, 0) is 0 Å². The van der Waals surface area contributed by atoms with Crippen molar-refractivity contribution in [1.29, 1.82) is 0 Å². The van der Waals surface area contributed by atoms with Gasteiger partial charge < -0.3 is 5.32 Å². The number of hydrogen-bond acceptors (Lipinski definition) is 2. The van der Waals surface area contributed by atoms with Crippen LogP contribution in [0.4, 0.5) is 5.69 Å². The van der Waals surface area contributed by atoms with Gasteiger partial charge in [0, 0.05) is 21.7 Å². The van der Waals surface area contributed by atoms with Crippen molar-refractivity contribution < 1.29 is 4.79 Å². The molecule has 0 bridgehead atoms. The number of fused-ring (bicyclic) bond motifs is 1. The lowest BCUT2D eigenvalue weighted by Crippen LogP contribution is -2.34. The summed E-state index contributed by atoms with van der Waals surface area (Å²) in [6.45, 7) is 0. The number of thiocarbonyl (C=S) groups is 1. The molecule has 0 aliphatic carbocycles. The van der Waals surface area contributed by atoms with E-state index in [-0.39, 0.29) is 11.0 Å². The van der Waals surface area contributed by atoms with Gasteiger partial charge in [-0.25, -0.2) is 0 Å². The second-order valence-electron chi connectivity index (χ2n) is 5.18. The van der Waals surface area contributed by atoms with Crippen LogP contribution in [0.2, 0.25) is 15.1 Å². The highest BCUT2D eigenvalue weighted by atomic mass is 35.5. The zero-order chi connectivity index (χ0) is 18.0. The Kier molecular flexibility index (Phi) is 5.45. The van der Waals surface area contributed by atoms with Crippen molar-refractivity contribution in [3.8, 4) is 0 Å². The van der Waals surface area contributed by atoms with Crippen molar-refractivity contribution >= 4 is 74.5 Å². The Balaban J connectivity index is 1.79. The molecule has 25 heavy (non-hydrogen) atoms. The molecular weight excluding hydrogens is 399 g/mol. The van der Waals surface area contributed by atoms with Gasteiger partial charge in [-0.15, -0.1) is 0 Å². The molecule has 0 saturated heterocycles. The summed E-state index contributed by atoms with van der Waals surface area (Å²) in [5.74, 6) is -0.328. The largest absolute Gasteiger partial charge is 0.332 e. The lowest BCUT2D eigenvalue weighted by molar-refractivity contribution is 0.0979. The van der Waals surface area contributed by atoms with Crippen LogP contribution in [0, 0.1) is 0 Å². The van der Waals surface area contributed by atoms with Gasteiger partial charge in [-0.1, -0.05) is 59.1 Å². The second-order valence-corrected chi connectivity index (χ2v) is 6.81. The van der Waals surface area contributed by atoms with Crippen LogP contribution in [0.1, 0.15) is 10.4 Å². The lowest BCUT2D eigenvalue weighted by atomic mass is 10.0. The van der Waals surface area contributed by atoms with Gasteiger partial charge in [-0.2, -0.15) is 0 Å². The van der Waals surface area contributed by atoms with Gasteiger partial charge in [0.1, 0.15) is 0 Å². The highest BCUT2D eigenvalue weighted by Crippen LogP contribution is 2.26. The number of amides is 1. The summed E-state index contributed by atoms with van der Waals surface area (Å²) in [5, 5.41) is 8.69. The number of carbonyl (C=O) groups excluding carboxylic acids is 1. The fourth-order valence-corrected chi connectivity index (χ4v) is 3.12. The number of rotatable bonds is 2. The number of benzene rings is 3. The number of carbonyl (C=O) groups is 1. The van der Waals surface area contributed by atoms with Gasteiger partial charge in [0.25, 0.3) is 5.91 Å². The fraction of sp³-hybridized carbons (Fsp3) is 0. The molecule has 7 heteroatoms. The molecule has 2 N–H and O–H groups in total. The maximum Gasteiger partial charge on any atom is 0.258 e. The minimum atomic E-state index is -0.328. The van der Waals surface area contributed by atoms with Crippen LogP contribution in [-0.4, -0.2) is 11.0 Å². The van der Waals surface area contributed by atoms with Crippen LogP contribution < -0.4 is 10.6 Å². The van der Waals surface area contributed by atoms with E-state index in [4.69, 9.17) is 47.0 Å². The molecule has 0 aliphatic rings. The standard InChI is InChI=1S/C18H11Cl3N2OS/c19-14-6-2-3-11-12(14)4-1-5-13(11)17(24)23-18(25)22-10-7-8-15(20)16(21)9-10/h1-9H,(H2,22,23,24,25). The molecule has 0 aromatic heterocycles. The summed E-state index contributed by atoms with van der Waals surface area (Å²) in [7, 11) is 0. The fourth-order valence-electron chi connectivity index (χ4n) is 2.38. The van der Waals surface area contributed by atoms with E-state index in [2.05, 4.69) is 10.6 Å². The molecule has 3 rings (SSSR count). The maximum absolute atomic E-state index is 12.6. The SMILES string of the molecule is O=C(NC(=S)Nc1ccc(Cl)c(Cl)c1)c1cccc2c(Cl)cccc12. The van der Waals surface area contributed by atoms with Crippen molar-refractivity contribution in [2.24, 2.45) is 0 Å². The Morgan fingerprint density at radius 2 is 1.56 bits per heavy atom. The molecule has 0 unspecified atom stereocenters. The van der Waals surface area contributed by atoms with Gasteiger partial charge >= 0.3 is 0 Å². The van der Waals surface area contributed by atoms with E-state index in [9.17, 15) is 4.79 Å². The molecule has 0 radical (unpaired) electrons. The second kappa shape index (κ2) is 7.58. The average Bonchev–Trinajstić information content (AvgIpc) is 2.58. The van der Waals surface area contributed by atoms with Crippen molar-refractivity contribution in [2.45, 2.75) is 0 Å². The van der Waals surface area contributed by atoms with E-state index < -0.39 is 0 Å². The quantitative estimate of drug-likeness (QED) is 0.516. The van der Waals surface area contributed by atoms with Gasteiger partial charge in [0.05, 0.1) is 10.0 Å². The third kappa shape index (κ3) is 4.05. The molecule has 126 valence electrons. The van der Waals surface area contributed by atoms with Crippen molar-refractivity contribution in [1.82, 2.24) is 5.32 Å². The minimum absolute atomic E-state index is 0.155. The molecule has 0 fully saturated rings. The monoisotopic (exact) mass is 408 g/mol. The summed E-state index contributed by atoms with van der Waals surface area (Å²) in [5.41, 5.74) is 1.11. The molecule has 3 aromatic rings. The molecule has 0 saturated carbocycles. The first kappa shape index (κ1) is 18.0. The lowest BCUT2D eigenvalue weighted by Gasteiger charge is -2.12. The molecule has 3 nitrogen and oxygen atoms in total. The normalized spacial score (nSPS) is 10.5. The van der Waals surface area contributed by atoms with Gasteiger partial charge in [-0.3, -0.25) is 10.1 Å². The zero-order valence-electron chi connectivity index (χ0n) is 12.6. The van der Waals surface area contributed by atoms with E-state index in [1.165, 1.54) is 0 Å². The number of anilines is 1. The van der Waals surface area contributed by atoms with Crippen LogP contribution >= 0.6 is 47.0 Å². The summed E-state index contributed by atoms with van der Waals surface area (Å²) in [6, 6.07) is 15.8. The first-order chi connectivity index (χ1) is 12.0. The van der Waals surface area contributed by atoms with Crippen LogP contribution in [0.15, 0.2) is 54.6 Å². The third-order valence-electron chi connectivity index (χ3n) is 3.52. The smallest absolute Gasteiger partial charge is 0.258 e. The highest BCUT2D eigenvalue weighted by molar-refractivity contribution is 7.80. The number of halogens is 3. The molecule has 0 atom stereocenters. The Morgan fingerprint density at radius 3 is 2.32 bits per heavy atom. The van der Waals surface area contributed by atoms with Gasteiger partial charge in [0.2, 0.25) is 0 Å². The topological polar surface area (TPSA) is 41.1 Å². The number of nitrogens with one attached hydrogen (secondary N) is 2. The van der Waals surface area contributed by atoms with E-state index in [1.807, 2.05) is 12.1 Å². The van der Waals surface area contributed by atoms with E-state index in [0.717, 1.165) is 10.8 Å². The molecular formula is C18H11Cl3N2OS. The van der Waals surface area contributed by atoms with Crippen LogP contribution in [0.5, 0.6) is 0 Å². The predicted octanol–water partition coefficient (Wildman–Crippen LogP) is 5.93. The van der Waals surface area contributed by atoms with Crippen LogP contribution in [0.25, 0.3) is 10.8 Å². The Bertz CT molecular complexity index is 991. The molecule has 3 aromatic carbocycles. The van der Waals surface area contributed by atoms with Crippen LogP contribution in [0.3, 0.4) is 0 Å². The maximum atomic E-state index is 12.6. The minimum Gasteiger partial charge on any atom is -0.332 e. The van der Waals surface area contributed by atoms with Crippen molar-refractivity contribution in [2.75, 3.05) is 5.32 Å². The summed E-state index contributed by atoms with van der Waals surface area (Å²) < 4.78 is 0. The summed E-state index contributed by atoms with van der Waals surface area (Å²) >= 11 is 23.2. The molecule has 1 amide bonds.